The van der Waals surface area contributed by atoms with Gasteiger partial charge in [-0.3, -0.25) is 4.79 Å². The first-order valence-electron chi connectivity index (χ1n) is 7.02. The van der Waals surface area contributed by atoms with E-state index in [0.717, 1.165) is 18.4 Å². The summed E-state index contributed by atoms with van der Waals surface area (Å²) in [7, 11) is 0. The summed E-state index contributed by atoms with van der Waals surface area (Å²) in [6, 6.07) is 7.91. The summed E-state index contributed by atoms with van der Waals surface area (Å²) >= 11 is 0. The molecule has 1 aromatic carbocycles. The summed E-state index contributed by atoms with van der Waals surface area (Å²) in [4.78, 5) is 11.9. The van der Waals surface area contributed by atoms with Gasteiger partial charge in [-0.2, -0.15) is 0 Å². The molecule has 21 heavy (non-hydrogen) atoms. The molecule has 1 aliphatic rings. The number of rotatable bonds is 4. The molecule has 1 aromatic heterocycles. The summed E-state index contributed by atoms with van der Waals surface area (Å²) in [6.45, 7) is 2.96. The van der Waals surface area contributed by atoms with Crippen LogP contribution in [0.3, 0.4) is 0 Å². The minimum atomic E-state index is -0.340. The first kappa shape index (κ1) is 13.8. The van der Waals surface area contributed by atoms with Crippen LogP contribution in [0.2, 0.25) is 0 Å². The van der Waals surface area contributed by atoms with Crippen molar-refractivity contribution < 1.29 is 14.2 Å². The number of benzene rings is 1. The zero-order valence-electron chi connectivity index (χ0n) is 11.8. The summed E-state index contributed by atoms with van der Waals surface area (Å²) in [5.74, 6) is -0.106. The predicted octanol–water partition coefficient (Wildman–Crippen LogP) is 1.84. The topological polar surface area (TPSA) is 77.3 Å². The van der Waals surface area contributed by atoms with Gasteiger partial charge in [0.15, 0.2) is 0 Å². The third-order valence-corrected chi connectivity index (χ3v) is 3.53. The van der Waals surface area contributed by atoms with Gasteiger partial charge in [0.25, 0.3) is 0 Å². The maximum atomic E-state index is 11.9. The molecule has 0 bridgehead atoms. The van der Waals surface area contributed by atoms with Gasteiger partial charge in [0.2, 0.25) is 5.91 Å². The van der Waals surface area contributed by atoms with E-state index in [0.29, 0.717) is 18.0 Å². The monoisotopic (exact) mass is 287 g/mol. The summed E-state index contributed by atoms with van der Waals surface area (Å²) in [5.41, 5.74) is 3.36. The normalized spacial score (nSPS) is 17.9. The maximum Gasteiger partial charge on any atom is 0.249 e. The van der Waals surface area contributed by atoms with Gasteiger partial charge in [-0.1, -0.05) is 35.0 Å². The molecule has 1 aliphatic heterocycles. The molecule has 0 saturated carbocycles. The van der Waals surface area contributed by atoms with Gasteiger partial charge in [0, 0.05) is 12.2 Å². The number of hydrogen-bond donors (Lipinski definition) is 1. The third kappa shape index (κ3) is 3.11. The lowest BCUT2D eigenvalue weighted by Crippen LogP contribution is -2.33. The third-order valence-electron chi connectivity index (χ3n) is 3.53. The first-order valence-corrected chi connectivity index (χ1v) is 7.02. The Morgan fingerprint density at radius 3 is 2.86 bits per heavy atom. The van der Waals surface area contributed by atoms with Crippen LogP contribution in [0.25, 0.3) is 11.3 Å². The second kappa shape index (κ2) is 6.05. The molecule has 1 saturated heterocycles. The molecule has 0 radical (unpaired) electrons. The standard InChI is InChI=1S/C15H17N3O3/c1-10-4-6-11(7-5-10)14-12(17-21-18-14)9-16-15(19)13-3-2-8-20-13/h4-7,13H,2-3,8-9H2,1H3,(H,16,19). The van der Waals surface area contributed by atoms with Gasteiger partial charge in [0.1, 0.15) is 17.5 Å². The zero-order valence-corrected chi connectivity index (χ0v) is 11.8. The fraction of sp³-hybridized carbons (Fsp3) is 0.400. The zero-order chi connectivity index (χ0) is 14.7. The largest absolute Gasteiger partial charge is 0.368 e. The minimum Gasteiger partial charge on any atom is -0.368 e. The number of aryl methyl sites for hydroxylation is 1. The van der Waals surface area contributed by atoms with Crippen molar-refractivity contribution in [2.45, 2.75) is 32.4 Å². The lowest BCUT2D eigenvalue weighted by atomic mass is 10.1. The molecule has 6 nitrogen and oxygen atoms in total. The van der Waals surface area contributed by atoms with Crippen molar-refractivity contribution in [2.75, 3.05) is 6.61 Å². The van der Waals surface area contributed by atoms with E-state index in [1.54, 1.807) is 0 Å². The van der Waals surface area contributed by atoms with Crippen LogP contribution in [0, 0.1) is 6.92 Å². The van der Waals surface area contributed by atoms with E-state index in [9.17, 15) is 4.79 Å². The highest BCUT2D eigenvalue weighted by Crippen LogP contribution is 2.21. The van der Waals surface area contributed by atoms with E-state index >= 15 is 0 Å². The maximum absolute atomic E-state index is 11.9. The quantitative estimate of drug-likeness (QED) is 0.928. The fourth-order valence-electron chi connectivity index (χ4n) is 2.32. The highest BCUT2D eigenvalue weighted by atomic mass is 16.6. The van der Waals surface area contributed by atoms with Gasteiger partial charge in [-0.05, 0) is 24.9 Å². The second-order valence-electron chi connectivity index (χ2n) is 5.15. The predicted molar refractivity (Wildman–Crippen MR) is 75.3 cm³/mol. The molecule has 110 valence electrons. The van der Waals surface area contributed by atoms with Crippen LogP contribution in [-0.2, 0) is 16.1 Å². The summed E-state index contributed by atoms with van der Waals surface area (Å²) < 4.78 is 10.1. The number of carbonyl (C=O) groups is 1. The van der Waals surface area contributed by atoms with Crippen molar-refractivity contribution in [3.05, 3.63) is 35.5 Å². The van der Waals surface area contributed by atoms with Crippen LogP contribution in [0.15, 0.2) is 28.9 Å². The molecule has 2 heterocycles. The van der Waals surface area contributed by atoms with E-state index in [4.69, 9.17) is 9.37 Å². The van der Waals surface area contributed by atoms with Crippen molar-refractivity contribution in [2.24, 2.45) is 0 Å². The van der Waals surface area contributed by atoms with Crippen LogP contribution in [-0.4, -0.2) is 28.9 Å². The van der Waals surface area contributed by atoms with Gasteiger partial charge in [-0.15, -0.1) is 0 Å². The van der Waals surface area contributed by atoms with Crippen molar-refractivity contribution in [1.82, 2.24) is 15.6 Å². The summed E-state index contributed by atoms with van der Waals surface area (Å²) in [6.07, 6.45) is 1.36. The molecule has 1 unspecified atom stereocenters. The Labute approximate surface area is 122 Å². The van der Waals surface area contributed by atoms with Gasteiger partial charge < -0.3 is 10.1 Å². The minimum absolute atomic E-state index is 0.106. The molecule has 3 rings (SSSR count). The Hall–Kier alpha value is -2.21. The average Bonchev–Trinajstić information content (AvgIpc) is 3.17. The van der Waals surface area contributed by atoms with Crippen molar-refractivity contribution >= 4 is 5.91 Å². The molecule has 0 aliphatic carbocycles. The van der Waals surface area contributed by atoms with Gasteiger partial charge in [0.05, 0.1) is 6.54 Å². The molecular formula is C15H17N3O3. The Morgan fingerprint density at radius 1 is 1.33 bits per heavy atom. The lowest BCUT2D eigenvalue weighted by molar-refractivity contribution is -0.130. The Bertz CT molecular complexity index is 615. The molecule has 1 fully saturated rings. The highest BCUT2D eigenvalue weighted by Gasteiger charge is 2.24. The molecule has 2 aromatic rings. The summed E-state index contributed by atoms with van der Waals surface area (Å²) in [5, 5.41) is 10.6. The number of nitrogens with zero attached hydrogens (tertiary/aromatic N) is 2. The Kier molecular flexibility index (Phi) is 3.96. The number of aromatic nitrogens is 2. The van der Waals surface area contributed by atoms with Crippen molar-refractivity contribution in [3.63, 3.8) is 0 Å². The van der Waals surface area contributed by atoms with E-state index in [-0.39, 0.29) is 18.6 Å². The first-order chi connectivity index (χ1) is 10.2. The number of hydrogen-bond acceptors (Lipinski definition) is 5. The van der Waals surface area contributed by atoms with Gasteiger partial charge in [-0.25, -0.2) is 4.63 Å². The van der Waals surface area contributed by atoms with Crippen LogP contribution in [0.1, 0.15) is 24.1 Å². The van der Waals surface area contributed by atoms with E-state index in [1.165, 1.54) is 5.56 Å². The van der Waals surface area contributed by atoms with E-state index < -0.39 is 0 Å². The number of ether oxygens (including phenoxy) is 1. The SMILES string of the molecule is Cc1ccc(-c2nonc2CNC(=O)C2CCCO2)cc1. The second-order valence-corrected chi connectivity index (χ2v) is 5.15. The Morgan fingerprint density at radius 2 is 2.14 bits per heavy atom. The molecule has 6 heteroatoms. The van der Waals surface area contributed by atoms with E-state index in [1.807, 2.05) is 31.2 Å². The molecule has 1 amide bonds. The molecule has 1 N–H and O–H groups in total. The fourth-order valence-corrected chi connectivity index (χ4v) is 2.32. The van der Waals surface area contributed by atoms with Crippen molar-refractivity contribution in [1.29, 1.82) is 0 Å². The van der Waals surface area contributed by atoms with Crippen molar-refractivity contribution in [3.8, 4) is 11.3 Å². The van der Waals surface area contributed by atoms with Gasteiger partial charge >= 0.3 is 0 Å². The molecule has 0 spiro atoms. The highest BCUT2D eigenvalue weighted by molar-refractivity contribution is 5.81. The van der Waals surface area contributed by atoms with Crippen LogP contribution in [0.5, 0.6) is 0 Å². The van der Waals surface area contributed by atoms with Crippen LogP contribution in [0.4, 0.5) is 0 Å². The number of nitrogens with one attached hydrogen (secondary N) is 1. The molecule has 1 atom stereocenters. The smallest absolute Gasteiger partial charge is 0.249 e. The van der Waals surface area contributed by atoms with E-state index in [2.05, 4.69) is 15.6 Å². The van der Waals surface area contributed by atoms with Crippen LogP contribution < -0.4 is 5.32 Å². The molecular weight excluding hydrogens is 270 g/mol. The van der Waals surface area contributed by atoms with Crippen LogP contribution >= 0.6 is 0 Å². The number of amides is 1. The average molecular weight is 287 g/mol. The Balaban J connectivity index is 1.68. The number of carbonyl (C=O) groups excluding carboxylic acids is 1. The lowest BCUT2D eigenvalue weighted by Gasteiger charge is -2.09.